The highest BCUT2D eigenvalue weighted by Gasteiger charge is 2.22. The second kappa shape index (κ2) is 6.04. The summed E-state index contributed by atoms with van der Waals surface area (Å²) in [6.07, 6.45) is 0.814. The molecule has 1 rings (SSSR count). The number of benzene rings is 1. The van der Waals surface area contributed by atoms with Crippen LogP contribution >= 0.6 is 0 Å². The zero-order valence-corrected chi connectivity index (χ0v) is 9.80. The quantitative estimate of drug-likeness (QED) is 0.755. The molecule has 0 heterocycles. The molecule has 96 valence electrons. The fourth-order valence-electron chi connectivity index (χ4n) is 1.25. The van der Waals surface area contributed by atoms with E-state index in [-0.39, 0.29) is 13.2 Å². The fourth-order valence-corrected chi connectivity index (χ4v) is 2.46. The Hall–Kier alpha value is -1.05. The molecule has 4 nitrogen and oxygen atoms in total. The minimum absolute atomic E-state index is 0.0245. The zero-order valence-electron chi connectivity index (χ0n) is 8.99. The van der Waals surface area contributed by atoms with Gasteiger partial charge in [-0.05, 0) is 25.0 Å². The van der Waals surface area contributed by atoms with E-state index in [0.29, 0.717) is 12.8 Å². The Morgan fingerprint density at radius 1 is 1.18 bits per heavy atom. The van der Waals surface area contributed by atoms with Gasteiger partial charge in [0.15, 0.2) is 4.90 Å². The smallest absolute Gasteiger partial charge is 0.246 e. The van der Waals surface area contributed by atoms with Crippen LogP contribution in [0.5, 0.6) is 0 Å². The van der Waals surface area contributed by atoms with Crippen LogP contribution in [0, 0.1) is 11.6 Å². The van der Waals surface area contributed by atoms with Crippen LogP contribution in [-0.4, -0.2) is 26.7 Å². The maximum absolute atomic E-state index is 13.2. The van der Waals surface area contributed by atoms with E-state index < -0.39 is 26.6 Å². The summed E-state index contributed by atoms with van der Waals surface area (Å²) in [7, 11) is -4.18. The van der Waals surface area contributed by atoms with Gasteiger partial charge in [-0.1, -0.05) is 6.07 Å². The molecule has 0 saturated heterocycles. The molecular formula is C10H13F2NO3S. The first-order chi connectivity index (χ1) is 7.99. The lowest BCUT2D eigenvalue weighted by Gasteiger charge is -2.07. The summed E-state index contributed by atoms with van der Waals surface area (Å²) in [5.41, 5.74) is 0. The third kappa shape index (κ3) is 3.72. The maximum Gasteiger partial charge on any atom is 0.246 e. The Kier molecular flexibility index (Phi) is 4.98. The van der Waals surface area contributed by atoms with Crippen LogP contribution in [0.1, 0.15) is 12.8 Å². The highest BCUT2D eigenvalue weighted by Crippen LogP contribution is 2.17. The predicted molar refractivity (Wildman–Crippen MR) is 57.9 cm³/mol. The summed E-state index contributed by atoms with van der Waals surface area (Å²) in [6.45, 7) is -0.0353. The number of unbranched alkanes of at least 4 members (excludes halogenated alkanes) is 1. The highest BCUT2D eigenvalue weighted by molar-refractivity contribution is 7.89. The van der Waals surface area contributed by atoms with Gasteiger partial charge in [0.2, 0.25) is 10.0 Å². The predicted octanol–water partition coefficient (Wildman–Crippen LogP) is 1.02. The highest BCUT2D eigenvalue weighted by atomic mass is 32.2. The zero-order chi connectivity index (χ0) is 12.9. The molecule has 0 aromatic heterocycles. The van der Waals surface area contributed by atoms with Crippen molar-refractivity contribution in [2.24, 2.45) is 0 Å². The third-order valence-corrected chi connectivity index (χ3v) is 3.58. The summed E-state index contributed by atoms with van der Waals surface area (Å²) >= 11 is 0. The number of hydrogen-bond donors (Lipinski definition) is 2. The molecule has 0 saturated carbocycles. The van der Waals surface area contributed by atoms with Crippen LogP contribution in [0.2, 0.25) is 0 Å². The Balaban J connectivity index is 2.83. The lowest BCUT2D eigenvalue weighted by Crippen LogP contribution is -2.26. The second-order valence-electron chi connectivity index (χ2n) is 3.38. The van der Waals surface area contributed by atoms with Crippen molar-refractivity contribution < 1.29 is 22.3 Å². The van der Waals surface area contributed by atoms with E-state index in [1.165, 1.54) is 0 Å². The van der Waals surface area contributed by atoms with Gasteiger partial charge >= 0.3 is 0 Å². The van der Waals surface area contributed by atoms with Crippen LogP contribution < -0.4 is 4.72 Å². The van der Waals surface area contributed by atoms with E-state index in [9.17, 15) is 17.2 Å². The molecule has 0 radical (unpaired) electrons. The van der Waals surface area contributed by atoms with Gasteiger partial charge in [-0.25, -0.2) is 21.9 Å². The molecule has 17 heavy (non-hydrogen) atoms. The molecule has 0 aliphatic rings. The molecular weight excluding hydrogens is 252 g/mol. The normalized spacial score (nSPS) is 11.7. The van der Waals surface area contributed by atoms with Crippen molar-refractivity contribution >= 4 is 10.0 Å². The number of aliphatic hydroxyl groups is 1. The third-order valence-electron chi connectivity index (χ3n) is 2.06. The SMILES string of the molecule is O=S(=O)(NCCCCO)c1c(F)cccc1F. The van der Waals surface area contributed by atoms with Crippen molar-refractivity contribution in [2.45, 2.75) is 17.7 Å². The van der Waals surface area contributed by atoms with Crippen LogP contribution in [0.4, 0.5) is 8.78 Å². The molecule has 0 atom stereocenters. The van der Waals surface area contributed by atoms with Crippen molar-refractivity contribution in [2.75, 3.05) is 13.2 Å². The van der Waals surface area contributed by atoms with Gasteiger partial charge in [-0.3, -0.25) is 0 Å². The van der Waals surface area contributed by atoms with E-state index in [2.05, 4.69) is 4.72 Å². The largest absolute Gasteiger partial charge is 0.396 e. The summed E-state index contributed by atoms with van der Waals surface area (Å²) in [5, 5.41) is 8.50. The molecule has 1 aromatic carbocycles. The van der Waals surface area contributed by atoms with Crippen molar-refractivity contribution in [1.82, 2.24) is 4.72 Å². The van der Waals surface area contributed by atoms with E-state index in [1.54, 1.807) is 0 Å². The Morgan fingerprint density at radius 2 is 1.76 bits per heavy atom. The van der Waals surface area contributed by atoms with Crippen molar-refractivity contribution in [1.29, 1.82) is 0 Å². The van der Waals surface area contributed by atoms with Gasteiger partial charge in [0.1, 0.15) is 11.6 Å². The molecule has 7 heteroatoms. The second-order valence-corrected chi connectivity index (χ2v) is 5.08. The van der Waals surface area contributed by atoms with Gasteiger partial charge in [-0.2, -0.15) is 0 Å². The summed E-state index contributed by atoms with van der Waals surface area (Å²) in [6, 6.07) is 2.85. The average molecular weight is 265 g/mol. The molecule has 0 fully saturated rings. The first-order valence-electron chi connectivity index (χ1n) is 5.03. The number of halogens is 2. The lowest BCUT2D eigenvalue weighted by atomic mass is 10.3. The molecule has 2 N–H and O–H groups in total. The summed E-state index contributed by atoms with van der Waals surface area (Å²) in [4.78, 5) is -0.969. The summed E-state index contributed by atoms with van der Waals surface area (Å²) < 4.78 is 51.7. The number of sulfonamides is 1. The van der Waals surface area contributed by atoms with Crippen LogP contribution in [-0.2, 0) is 10.0 Å². The van der Waals surface area contributed by atoms with Crippen molar-refractivity contribution in [3.63, 3.8) is 0 Å². The Morgan fingerprint density at radius 3 is 2.29 bits per heavy atom. The minimum atomic E-state index is -4.18. The number of rotatable bonds is 6. The molecule has 0 amide bonds. The lowest BCUT2D eigenvalue weighted by molar-refractivity contribution is 0.285. The Labute approximate surface area is 98.3 Å². The number of aliphatic hydroxyl groups excluding tert-OH is 1. The summed E-state index contributed by atoms with van der Waals surface area (Å²) in [5.74, 6) is -2.25. The number of nitrogens with one attached hydrogen (secondary N) is 1. The first kappa shape index (κ1) is 14.0. The maximum atomic E-state index is 13.2. The van der Waals surface area contributed by atoms with Crippen LogP contribution in [0.25, 0.3) is 0 Å². The first-order valence-corrected chi connectivity index (χ1v) is 6.52. The van der Waals surface area contributed by atoms with Crippen molar-refractivity contribution in [3.8, 4) is 0 Å². The van der Waals surface area contributed by atoms with Gasteiger partial charge in [0.05, 0.1) is 0 Å². The monoisotopic (exact) mass is 265 g/mol. The molecule has 1 aromatic rings. The molecule has 0 spiro atoms. The van der Waals surface area contributed by atoms with E-state index in [1.807, 2.05) is 0 Å². The molecule has 0 unspecified atom stereocenters. The van der Waals surface area contributed by atoms with Gasteiger partial charge < -0.3 is 5.11 Å². The minimum Gasteiger partial charge on any atom is -0.396 e. The Bertz CT molecular complexity index is 456. The number of hydrogen-bond acceptors (Lipinski definition) is 3. The fraction of sp³-hybridized carbons (Fsp3) is 0.400. The molecule has 0 aliphatic heterocycles. The van der Waals surface area contributed by atoms with E-state index in [4.69, 9.17) is 5.11 Å². The van der Waals surface area contributed by atoms with E-state index >= 15 is 0 Å². The standard InChI is InChI=1S/C10H13F2NO3S/c11-8-4-3-5-9(12)10(8)17(15,16)13-6-1-2-7-14/h3-5,13-14H,1-2,6-7H2. The van der Waals surface area contributed by atoms with Gasteiger partial charge in [0.25, 0.3) is 0 Å². The van der Waals surface area contributed by atoms with Crippen LogP contribution in [0.15, 0.2) is 23.1 Å². The van der Waals surface area contributed by atoms with Crippen LogP contribution in [0.3, 0.4) is 0 Å². The van der Waals surface area contributed by atoms with E-state index in [0.717, 1.165) is 18.2 Å². The van der Waals surface area contributed by atoms with Gasteiger partial charge in [-0.15, -0.1) is 0 Å². The average Bonchev–Trinajstić information content (AvgIpc) is 2.24. The van der Waals surface area contributed by atoms with Gasteiger partial charge in [0, 0.05) is 13.2 Å². The van der Waals surface area contributed by atoms with Crippen molar-refractivity contribution in [3.05, 3.63) is 29.8 Å². The molecule has 0 aliphatic carbocycles. The topological polar surface area (TPSA) is 66.4 Å². The molecule has 0 bridgehead atoms.